The summed E-state index contributed by atoms with van der Waals surface area (Å²) >= 11 is 0. The first kappa shape index (κ1) is 12.7. The van der Waals surface area contributed by atoms with Crippen LogP contribution in [0.2, 0.25) is 0 Å². The Hall–Kier alpha value is -2.30. The number of carboxylic acids is 1. The van der Waals surface area contributed by atoms with Crippen LogP contribution in [0.3, 0.4) is 0 Å². The number of nitrogen functional groups attached to an aromatic ring is 1. The van der Waals surface area contributed by atoms with Gasteiger partial charge in [0.15, 0.2) is 0 Å². The van der Waals surface area contributed by atoms with Gasteiger partial charge in [-0.05, 0) is 30.4 Å². The Morgan fingerprint density at radius 3 is 2.45 bits per heavy atom. The summed E-state index contributed by atoms with van der Waals surface area (Å²) in [6.07, 6.45) is 4.63. The highest BCUT2D eigenvalue weighted by Crippen LogP contribution is 2.48. The van der Waals surface area contributed by atoms with Crippen LogP contribution < -0.4 is 11.1 Å². The van der Waals surface area contributed by atoms with Crippen molar-refractivity contribution in [2.45, 2.75) is 6.42 Å². The number of rotatable bonds is 3. The molecule has 2 aliphatic carbocycles. The van der Waals surface area contributed by atoms with Crippen molar-refractivity contribution in [2.75, 3.05) is 11.1 Å². The number of aliphatic carboxylic acids is 1. The van der Waals surface area contributed by atoms with E-state index in [0.29, 0.717) is 11.4 Å². The van der Waals surface area contributed by atoms with Crippen LogP contribution in [0, 0.1) is 23.7 Å². The van der Waals surface area contributed by atoms with Gasteiger partial charge in [-0.15, -0.1) is 0 Å². The third-order valence-corrected chi connectivity index (χ3v) is 4.27. The van der Waals surface area contributed by atoms with E-state index in [0.717, 1.165) is 6.42 Å². The molecule has 0 heterocycles. The molecule has 2 bridgehead atoms. The van der Waals surface area contributed by atoms with Crippen molar-refractivity contribution in [1.29, 1.82) is 0 Å². The molecule has 104 valence electrons. The van der Waals surface area contributed by atoms with E-state index in [1.165, 1.54) is 0 Å². The van der Waals surface area contributed by atoms with Gasteiger partial charge in [-0.2, -0.15) is 0 Å². The Labute approximate surface area is 116 Å². The molecule has 0 spiro atoms. The van der Waals surface area contributed by atoms with Gasteiger partial charge in [0.1, 0.15) is 0 Å². The number of para-hydroxylation sites is 2. The summed E-state index contributed by atoms with van der Waals surface area (Å²) in [7, 11) is 0. The molecule has 0 saturated heterocycles. The molecule has 1 aromatic rings. The zero-order valence-corrected chi connectivity index (χ0v) is 10.8. The van der Waals surface area contributed by atoms with Gasteiger partial charge in [0.2, 0.25) is 5.91 Å². The molecular weight excluding hydrogens is 256 g/mol. The molecule has 2 aliphatic rings. The predicted octanol–water partition coefficient (Wildman–Crippen LogP) is 1.73. The fourth-order valence-electron chi connectivity index (χ4n) is 3.34. The maximum Gasteiger partial charge on any atom is 0.307 e. The highest BCUT2D eigenvalue weighted by Gasteiger charge is 2.51. The molecule has 5 nitrogen and oxygen atoms in total. The molecule has 0 radical (unpaired) electrons. The van der Waals surface area contributed by atoms with Crippen LogP contribution in [0.1, 0.15) is 6.42 Å². The first-order valence-electron chi connectivity index (χ1n) is 6.64. The largest absolute Gasteiger partial charge is 0.481 e. The summed E-state index contributed by atoms with van der Waals surface area (Å²) in [6, 6.07) is 6.98. The standard InChI is InChI=1S/C15H16N2O3/c16-10-3-1-2-4-11(10)17-14(18)12-8-5-6-9(7-8)13(12)15(19)20/h1-6,8-9,12-13H,7,16H2,(H,17,18)(H,19,20). The van der Waals surface area contributed by atoms with Crippen LogP contribution in [0.15, 0.2) is 36.4 Å². The Balaban J connectivity index is 1.82. The first-order valence-corrected chi connectivity index (χ1v) is 6.64. The molecule has 4 N–H and O–H groups in total. The quantitative estimate of drug-likeness (QED) is 0.577. The smallest absolute Gasteiger partial charge is 0.307 e. The summed E-state index contributed by atoms with van der Waals surface area (Å²) in [5.74, 6) is -2.31. The molecule has 4 unspecified atom stereocenters. The number of allylic oxidation sites excluding steroid dienone is 2. The average Bonchev–Trinajstić information content (AvgIpc) is 3.01. The summed E-state index contributed by atoms with van der Waals surface area (Å²) in [6.45, 7) is 0. The van der Waals surface area contributed by atoms with E-state index in [2.05, 4.69) is 5.32 Å². The van der Waals surface area contributed by atoms with Gasteiger partial charge in [0.25, 0.3) is 0 Å². The van der Waals surface area contributed by atoms with Crippen LogP contribution in [0.25, 0.3) is 0 Å². The molecule has 5 heteroatoms. The second-order valence-corrected chi connectivity index (χ2v) is 5.41. The number of nitrogens with two attached hydrogens (primary N) is 1. The third-order valence-electron chi connectivity index (χ3n) is 4.27. The summed E-state index contributed by atoms with van der Waals surface area (Å²) < 4.78 is 0. The van der Waals surface area contributed by atoms with Gasteiger partial charge in [-0.1, -0.05) is 24.3 Å². The van der Waals surface area contributed by atoms with Crippen LogP contribution in [-0.4, -0.2) is 17.0 Å². The van der Waals surface area contributed by atoms with Crippen molar-refractivity contribution in [3.8, 4) is 0 Å². The normalized spacial score (nSPS) is 30.4. The van der Waals surface area contributed by atoms with Crippen molar-refractivity contribution < 1.29 is 14.7 Å². The second-order valence-electron chi connectivity index (χ2n) is 5.41. The summed E-state index contributed by atoms with van der Waals surface area (Å²) in [5.41, 5.74) is 6.81. The molecule has 0 aliphatic heterocycles. The van der Waals surface area contributed by atoms with Gasteiger partial charge in [0.05, 0.1) is 23.2 Å². The minimum atomic E-state index is -0.900. The molecule has 1 fully saturated rings. The third kappa shape index (κ3) is 1.95. The van der Waals surface area contributed by atoms with E-state index in [1.807, 2.05) is 12.2 Å². The highest BCUT2D eigenvalue weighted by molar-refractivity contribution is 5.98. The van der Waals surface area contributed by atoms with Crippen LogP contribution in [0.4, 0.5) is 11.4 Å². The monoisotopic (exact) mass is 272 g/mol. The zero-order valence-electron chi connectivity index (χ0n) is 10.8. The first-order chi connectivity index (χ1) is 9.58. The lowest BCUT2D eigenvalue weighted by Gasteiger charge is -2.24. The van der Waals surface area contributed by atoms with Crippen molar-refractivity contribution in [3.05, 3.63) is 36.4 Å². The van der Waals surface area contributed by atoms with Gasteiger partial charge >= 0.3 is 5.97 Å². The topological polar surface area (TPSA) is 92.4 Å². The number of hydrogen-bond acceptors (Lipinski definition) is 3. The summed E-state index contributed by atoms with van der Waals surface area (Å²) in [4.78, 5) is 23.8. The van der Waals surface area contributed by atoms with E-state index >= 15 is 0 Å². The Bertz CT molecular complexity index is 597. The lowest BCUT2D eigenvalue weighted by molar-refractivity contribution is -0.146. The van der Waals surface area contributed by atoms with Gasteiger partial charge in [-0.3, -0.25) is 9.59 Å². The molecule has 1 saturated carbocycles. The van der Waals surface area contributed by atoms with Gasteiger partial charge < -0.3 is 16.2 Å². The molecule has 4 atom stereocenters. The molecule has 1 amide bonds. The number of fused-ring (bicyclic) bond motifs is 2. The number of benzene rings is 1. The number of hydrogen-bond donors (Lipinski definition) is 3. The second kappa shape index (κ2) is 4.67. The molecule has 3 rings (SSSR count). The molecule has 20 heavy (non-hydrogen) atoms. The lowest BCUT2D eigenvalue weighted by atomic mass is 9.82. The average molecular weight is 272 g/mol. The van der Waals surface area contributed by atoms with Crippen molar-refractivity contribution in [3.63, 3.8) is 0 Å². The summed E-state index contributed by atoms with van der Waals surface area (Å²) in [5, 5.41) is 12.1. The highest BCUT2D eigenvalue weighted by atomic mass is 16.4. The van der Waals surface area contributed by atoms with Gasteiger partial charge in [0, 0.05) is 0 Å². The fourth-order valence-corrected chi connectivity index (χ4v) is 3.34. The Kier molecular flexibility index (Phi) is 2.97. The minimum Gasteiger partial charge on any atom is -0.481 e. The van der Waals surface area contributed by atoms with Gasteiger partial charge in [-0.25, -0.2) is 0 Å². The van der Waals surface area contributed by atoms with E-state index in [-0.39, 0.29) is 17.7 Å². The molecule has 1 aromatic carbocycles. The van der Waals surface area contributed by atoms with Crippen LogP contribution in [0.5, 0.6) is 0 Å². The number of carbonyl (C=O) groups is 2. The Morgan fingerprint density at radius 1 is 1.15 bits per heavy atom. The van der Waals surface area contributed by atoms with E-state index in [1.54, 1.807) is 24.3 Å². The van der Waals surface area contributed by atoms with Crippen molar-refractivity contribution in [2.24, 2.45) is 23.7 Å². The van der Waals surface area contributed by atoms with E-state index < -0.39 is 17.8 Å². The minimum absolute atomic E-state index is 0.0195. The van der Waals surface area contributed by atoms with Crippen molar-refractivity contribution in [1.82, 2.24) is 0 Å². The number of anilines is 2. The number of carbonyl (C=O) groups excluding carboxylic acids is 1. The molecule has 0 aromatic heterocycles. The lowest BCUT2D eigenvalue weighted by Crippen LogP contribution is -2.36. The van der Waals surface area contributed by atoms with Crippen LogP contribution >= 0.6 is 0 Å². The fraction of sp³-hybridized carbons (Fsp3) is 0.333. The van der Waals surface area contributed by atoms with Crippen molar-refractivity contribution >= 4 is 23.3 Å². The SMILES string of the molecule is Nc1ccccc1NC(=O)C1C2C=CC(C2)C1C(=O)O. The van der Waals surface area contributed by atoms with Crippen LogP contribution in [-0.2, 0) is 9.59 Å². The maximum absolute atomic E-state index is 12.4. The molecular formula is C15H16N2O3. The number of amides is 1. The maximum atomic E-state index is 12.4. The Morgan fingerprint density at radius 2 is 1.80 bits per heavy atom. The number of carboxylic acid groups (broad SMARTS) is 1. The van der Waals surface area contributed by atoms with E-state index in [4.69, 9.17) is 5.73 Å². The predicted molar refractivity (Wildman–Crippen MR) is 74.8 cm³/mol. The van der Waals surface area contributed by atoms with E-state index in [9.17, 15) is 14.7 Å². The number of nitrogens with one attached hydrogen (secondary N) is 1. The zero-order chi connectivity index (χ0) is 14.3.